The predicted octanol–water partition coefficient (Wildman–Crippen LogP) is 3.70. The molecule has 2 aliphatic heterocycles. The lowest BCUT2D eigenvalue weighted by Crippen LogP contribution is -2.31. The van der Waals surface area contributed by atoms with Crippen molar-refractivity contribution in [1.82, 2.24) is 9.80 Å². The number of rotatable bonds is 5. The van der Waals surface area contributed by atoms with Crippen LogP contribution in [0.5, 0.6) is 0 Å². The van der Waals surface area contributed by atoms with Crippen LogP contribution in [0.3, 0.4) is 0 Å². The van der Waals surface area contributed by atoms with E-state index in [1.54, 1.807) is 0 Å². The van der Waals surface area contributed by atoms with Gasteiger partial charge in [0, 0.05) is 13.1 Å². The summed E-state index contributed by atoms with van der Waals surface area (Å²) in [5, 5.41) is 0. The molecule has 0 unspecified atom stereocenters. The van der Waals surface area contributed by atoms with Crippen molar-refractivity contribution in [2.45, 2.75) is 51.5 Å². The van der Waals surface area contributed by atoms with Crippen molar-refractivity contribution < 1.29 is 0 Å². The van der Waals surface area contributed by atoms with Gasteiger partial charge in [-0.3, -0.25) is 4.90 Å². The molecule has 0 bridgehead atoms. The van der Waals surface area contributed by atoms with Gasteiger partial charge in [-0.2, -0.15) is 0 Å². The SMILES string of the molecule is c1cc(CCN2CCCCC2)cc(CN2CCCCC2)c1. The van der Waals surface area contributed by atoms with Gasteiger partial charge in [-0.15, -0.1) is 0 Å². The van der Waals surface area contributed by atoms with E-state index >= 15 is 0 Å². The van der Waals surface area contributed by atoms with Crippen LogP contribution in [-0.2, 0) is 13.0 Å². The van der Waals surface area contributed by atoms with Crippen LogP contribution in [0.15, 0.2) is 24.3 Å². The van der Waals surface area contributed by atoms with E-state index in [0.717, 1.165) is 6.54 Å². The van der Waals surface area contributed by atoms with Crippen molar-refractivity contribution in [3.63, 3.8) is 0 Å². The van der Waals surface area contributed by atoms with E-state index < -0.39 is 0 Å². The maximum atomic E-state index is 2.64. The zero-order valence-electron chi connectivity index (χ0n) is 13.4. The minimum Gasteiger partial charge on any atom is -0.303 e. The molecule has 2 aliphatic rings. The molecule has 2 heterocycles. The number of hydrogen-bond donors (Lipinski definition) is 0. The van der Waals surface area contributed by atoms with Crippen LogP contribution in [0.2, 0.25) is 0 Å². The third-order valence-electron chi connectivity index (χ3n) is 5.01. The lowest BCUT2D eigenvalue weighted by atomic mass is 10.0. The summed E-state index contributed by atoms with van der Waals surface area (Å²) in [5.74, 6) is 0. The maximum absolute atomic E-state index is 2.64. The number of likely N-dealkylation sites (tertiary alicyclic amines) is 2. The van der Waals surface area contributed by atoms with Crippen molar-refractivity contribution in [3.05, 3.63) is 35.4 Å². The van der Waals surface area contributed by atoms with Gasteiger partial charge in [0.15, 0.2) is 0 Å². The molecule has 0 radical (unpaired) electrons. The molecule has 0 saturated carbocycles. The first-order valence-corrected chi connectivity index (χ1v) is 8.93. The second-order valence-corrected chi connectivity index (χ2v) is 6.81. The molecule has 0 aromatic heterocycles. The number of hydrogen-bond acceptors (Lipinski definition) is 2. The first-order chi connectivity index (χ1) is 10.4. The fourth-order valence-electron chi connectivity index (χ4n) is 3.73. The third-order valence-corrected chi connectivity index (χ3v) is 5.01. The molecule has 21 heavy (non-hydrogen) atoms. The zero-order chi connectivity index (χ0) is 14.3. The summed E-state index contributed by atoms with van der Waals surface area (Å²) in [5.41, 5.74) is 3.03. The van der Waals surface area contributed by atoms with Gasteiger partial charge < -0.3 is 4.90 Å². The molecule has 0 amide bonds. The fraction of sp³-hybridized carbons (Fsp3) is 0.684. The zero-order valence-corrected chi connectivity index (χ0v) is 13.4. The molecular weight excluding hydrogens is 256 g/mol. The molecule has 2 fully saturated rings. The molecule has 3 rings (SSSR count). The minimum atomic E-state index is 1.15. The van der Waals surface area contributed by atoms with Crippen LogP contribution >= 0.6 is 0 Å². The van der Waals surface area contributed by atoms with Gasteiger partial charge in [0.2, 0.25) is 0 Å². The summed E-state index contributed by atoms with van der Waals surface area (Å²) in [6, 6.07) is 9.31. The van der Waals surface area contributed by atoms with Gasteiger partial charge in [0.1, 0.15) is 0 Å². The molecule has 1 aromatic rings. The summed E-state index contributed by atoms with van der Waals surface area (Å²) in [7, 11) is 0. The van der Waals surface area contributed by atoms with Gasteiger partial charge in [-0.05, 0) is 69.4 Å². The molecule has 2 nitrogen and oxygen atoms in total. The minimum absolute atomic E-state index is 1.15. The Kier molecular flexibility index (Phi) is 5.70. The average molecular weight is 286 g/mol. The summed E-state index contributed by atoms with van der Waals surface area (Å²) in [6.07, 6.45) is 9.63. The van der Waals surface area contributed by atoms with Gasteiger partial charge in [-0.25, -0.2) is 0 Å². The van der Waals surface area contributed by atoms with Crippen LogP contribution in [0.25, 0.3) is 0 Å². The van der Waals surface area contributed by atoms with E-state index in [4.69, 9.17) is 0 Å². The Morgan fingerprint density at radius 3 is 2.05 bits per heavy atom. The van der Waals surface area contributed by atoms with Crippen LogP contribution in [0.1, 0.15) is 49.7 Å². The van der Waals surface area contributed by atoms with Crippen molar-refractivity contribution in [2.24, 2.45) is 0 Å². The summed E-state index contributed by atoms with van der Waals surface area (Å²) in [6.45, 7) is 7.60. The summed E-state index contributed by atoms with van der Waals surface area (Å²) in [4.78, 5) is 5.26. The summed E-state index contributed by atoms with van der Waals surface area (Å²) < 4.78 is 0. The van der Waals surface area contributed by atoms with Crippen molar-refractivity contribution in [2.75, 3.05) is 32.7 Å². The number of nitrogens with zero attached hydrogens (tertiary/aromatic N) is 2. The van der Waals surface area contributed by atoms with Gasteiger partial charge >= 0.3 is 0 Å². The molecule has 2 heteroatoms. The highest BCUT2D eigenvalue weighted by Gasteiger charge is 2.12. The number of piperidine rings is 2. The van der Waals surface area contributed by atoms with Crippen LogP contribution in [-0.4, -0.2) is 42.5 Å². The second-order valence-electron chi connectivity index (χ2n) is 6.81. The Bertz CT molecular complexity index is 417. The highest BCUT2D eigenvalue weighted by atomic mass is 15.1. The van der Waals surface area contributed by atoms with Crippen LogP contribution in [0.4, 0.5) is 0 Å². The van der Waals surface area contributed by atoms with Crippen LogP contribution in [0, 0.1) is 0 Å². The highest BCUT2D eigenvalue weighted by Crippen LogP contribution is 2.15. The maximum Gasteiger partial charge on any atom is 0.0233 e. The van der Waals surface area contributed by atoms with Gasteiger partial charge in [-0.1, -0.05) is 37.1 Å². The van der Waals surface area contributed by atoms with E-state index in [2.05, 4.69) is 34.1 Å². The molecule has 0 spiro atoms. The Morgan fingerprint density at radius 1 is 0.714 bits per heavy atom. The molecule has 0 aliphatic carbocycles. The van der Waals surface area contributed by atoms with E-state index in [1.807, 2.05) is 0 Å². The topological polar surface area (TPSA) is 6.48 Å². The standard InChI is InChI=1S/C19H30N2/c1-3-11-20(12-4-1)15-10-18-8-7-9-19(16-18)17-21-13-5-2-6-14-21/h7-9,16H,1-6,10-15,17H2. The Hall–Kier alpha value is -0.860. The molecule has 0 N–H and O–H groups in total. The van der Waals surface area contributed by atoms with Crippen molar-refractivity contribution in [1.29, 1.82) is 0 Å². The first-order valence-electron chi connectivity index (χ1n) is 8.93. The lowest BCUT2D eigenvalue weighted by Gasteiger charge is -2.27. The predicted molar refractivity (Wildman–Crippen MR) is 89.6 cm³/mol. The monoisotopic (exact) mass is 286 g/mol. The molecule has 1 aromatic carbocycles. The van der Waals surface area contributed by atoms with Crippen molar-refractivity contribution in [3.8, 4) is 0 Å². The van der Waals surface area contributed by atoms with Crippen molar-refractivity contribution >= 4 is 0 Å². The Balaban J connectivity index is 1.50. The normalized spacial score (nSPS) is 21.5. The van der Waals surface area contributed by atoms with E-state index in [9.17, 15) is 0 Å². The third kappa shape index (κ3) is 4.82. The quantitative estimate of drug-likeness (QED) is 0.814. The fourth-order valence-corrected chi connectivity index (χ4v) is 3.73. The molecule has 0 atom stereocenters. The lowest BCUT2D eigenvalue weighted by molar-refractivity contribution is 0.220. The first kappa shape index (κ1) is 15.1. The largest absolute Gasteiger partial charge is 0.303 e. The number of benzene rings is 1. The van der Waals surface area contributed by atoms with E-state index in [-0.39, 0.29) is 0 Å². The molecule has 2 saturated heterocycles. The highest BCUT2D eigenvalue weighted by molar-refractivity contribution is 5.23. The summed E-state index contributed by atoms with van der Waals surface area (Å²) >= 11 is 0. The van der Waals surface area contributed by atoms with E-state index in [1.165, 1.54) is 88.8 Å². The molecule has 116 valence electrons. The Morgan fingerprint density at radius 2 is 1.33 bits per heavy atom. The van der Waals surface area contributed by atoms with Crippen LogP contribution < -0.4 is 0 Å². The van der Waals surface area contributed by atoms with E-state index in [0.29, 0.717) is 0 Å². The smallest absolute Gasteiger partial charge is 0.0233 e. The Labute approximate surface area is 130 Å². The van der Waals surface area contributed by atoms with Gasteiger partial charge in [0.05, 0.1) is 0 Å². The second kappa shape index (κ2) is 7.95. The molecular formula is C19H30N2. The average Bonchev–Trinajstić information content (AvgIpc) is 2.55. The van der Waals surface area contributed by atoms with Gasteiger partial charge in [0.25, 0.3) is 0 Å².